The number of nitrogens with one attached hydrogen (secondary N) is 1. The molecular formula is C20H23Cl2N3O2. The van der Waals surface area contributed by atoms with Gasteiger partial charge in [0.25, 0.3) is 0 Å². The van der Waals surface area contributed by atoms with Gasteiger partial charge in [-0.2, -0.15) is 0 Å². The van der Waals surface area contributed by atoms with E-state index in [-0.39, 0.29) is 11.9 Å². The van der Waals surface area contributed by atoms with Crippen LogP contribution in [0.25, 0.3) is 0 Å². The first kappa shape index (κ1) is 19.8. The number of anilines is 2. The van der Waals surface area contributed by atoms with Gasteiger partial charge in [0.15, 0.2) is 0 Å². The van der Waals surface area contributed by atoms with Crippen LogP contribution in [0.15, 0.2) is 42.5 Å². The van der Waals surface area contributed by atoms with Crippen LogP contribution in [-0.4, -0.2) is 50.1 Å². The lowest BCUT2D eigenvalue weighted by Gasteiger charge is -2.38. The van der Waals surface area contributed by atoms with Crippen LogP contribution in [0.2, 0.25) is 10.0 Å². The summed E-state index contributed by atoms with van der Waals surface area (Å²) in [4.78, 5) is 17.1. The standard InChI is InChI=1S/C20H23Cl2N3O2/c1-14(20(26)23-17-12-15(21)11-16(22)13-17)24-7-9-25(10-8-24)18-3-5-19(27-2)6-4-18/h3-6,11-14H,7-10H2,1-2H3,(H,23,26)/t14-/m0/s1. The molecule has 144 valence electrons. The molecule has 2 aromatic rings. The van der Waals surface area contributed by atoms with E-state index in [9.17, 15) is 4.79 Å². The van der Waals surface area contributed by atoms with Crippen LogP contribution in [0.1, 0.15) is 6.92 Å². The average Bonchev–Trinajstić information content (AvgIpc) is 2.67. The summed E-state index contributed by atoms with van der Waals surface area (Å²) in [6.07, 6.45) is 0. The Labute approximate surface area is 169 Å². The number of hydrogen-bond donors (Lipinski definition) is 1. The maximum Gasteiger partial charge on any atom is 0.241 e. The summed E-state index contributed by atoms with van der Waals surface area (Å²) in [7, 11) is 1.66. The fraction of sp³-hybridized carbons (Fsp3) is 0.350. The normalized spacial score (nSPS) is 16.1. The molecule has 1 aliphatic rings. The zero-order valence-electron chi connectivity index (χ0n) is 15.4. The molecule has 1 amide bonds. The third-order valence-electron chi connectivity index (χ3n) is 4.81. The van der Waals surface area contributed by atoms with Crippen molar-refractivity contribution >= 4 is 40.5 Å². The Morgan fingerprint density at radius 1 is 1.04 bits per heavy atom. The average molecular weight is 408 g/mol. The second-order valence-electron chi connectivity index (χ2n) is 6.54. The van der Waals surface area contributed by atoms with E-state index in [0.29, 0.717) is 15.7 Å². The quantitative estimate of drug-likeness (QED) is 0.808. The van der Waals surface area contributed by atoms with Crippen molar-refractivity contribution in [2.45, 2.75) is 13.0 Å². The molecule has 27 heavy (non-hydrogen) atoms. The van der Waals surface area contributed by atoms with Gasteiger partial charge in [0.2, 0.25) is 5.91 Å². The number of ether oxygens (including phenoxy) is 1. The maximum absolute atomic E-state index is 12.6. The van der Waals surface area contributed by atoms with Crippen LogP contribution < -0.4 is 15.0 Å². The lowest BCUT2D eigenvalue weighted by Crippen LogP contribution is -2.52. The minimum absolute atomic E-state index is 0.0637. The van der Waals surface area contributed by atoms with Crippen molar-refractivity contribution in [2.75, 3.05) is 43.5 Å². The molecule has 1 saturated heterocycles. The number of benzene rings is 2. The molecule has 0 saturated carbocycles. The zero-order chi connectivity index (χ0) is 19.4. The molecule has 1 fully saturated rings. The Hall–Kier alpha value is -1.95. The molecule has 0 spiro atoms. The van der Waals surface area contributed by atoms with Gasteiger partial charge >= 0.3 is 0 Å². The SMILES string of the molecule is COc1ccc(N2CCN([C@@H](C)C(=O)Nc3cc(Cl)cc(Cl)c3)CC2)cc1. The molecule has 0 aliphatic carbocycles. The summed E-state index contributed by atoms with van der Waals surface area (Å²) in [5.41, 5.74) is 1.78. The van der Waals surface area contributed by atoms with E-state index in [4.69, 9.17) is 27.9 Å². The van der Waals surface area contributed by atoms with Gasteiger partial charge in [0.1, 0.15) is 5.75 Å². The molecule has 1 heterocycles. The van der Waals surface area contributed by atoms with Crippen molar-refractivity contribution in [2.24, 2.45) is 0 Å². The van der Waals surface area contributed by atoms with Crippen molar-refractivity contribution in [3.05, 3.63) is 52.5 Å². The lowest BCUT2D eigenvalue weighted by molar-refractivity contribution is -0.120. The van der Waals surface area contributed by atoms with Crippen molar-refractivity contribution in [1.29, 1.82) is 0 Å². The molecule has 0 unspecified atom stereocenters. The number of hydrogen-bond acceptors (Lipinski definition) is 4. The predicted molar refractivity (Wildman–Crippen MR) is 111 cm³/mol. The van der Waals surface area contributed by atoms with Gasteiger partial charge < -0.3 is 15.0 Å². The third-order valence-corrected chi connectivity index (χ3v) is 5.25. The largest absolute Gasteiger partial charge is 0.497 e. The van der Waals surface area contributed by atoms with Gasteiger partial charge in [0, 0.05) is 47.6 Å². The monoisotopic (exact) mass is 407 g/mol. The Balaban J connectivity index is 1.55. The van der Waals surface area contributed by atoms with Gasteiger partial charge in [-0.15, -0.1) is 0 Å². The molecule has 0 aromatic heterocycles. The number of halogens is 2. The third kappa shape index (κ3) is 5.06. The number of piperazine rings is 1. The van der Waals surface area contributed by atoms with Crippen LogP contribution in [0, 0.1) is 0 Å². The maximum atomic E-state index is 12.6. The number of carbonyl (C=O) groups excluding carboxylic acids is 1. The number of methoxy groups -OCH3 is 1. The van der Waals surface area contributed by atoms with Crippen LogP contribution in [0.4, 0.5) is 11.4 Å². The summed E-state index contributed by atoms with van der Waals surface area (Å²) in [5.74, 6) is 0.787. The van der Waals surface area contributed by atoms with Crippen molar-refractivity contribution in [3.63, 3.8) is 0 Å². The highest BCUT2D eigenvalue weighted by Gasteiger charge is 2.25. The van der Waals surface area contributed by atoms with Crippen LogP contribution in [0.3, 0.4) is 0 Å². The highest BCUT2D eigenvalue weighted by Crippen LogP contribution is 2.24. The summed E-state index contributed by atoms with van der Waals surface area (Å²) in [5, 5.41) is 3.90. The Kier molecular flexibility index (Phi) is 6.47. The molecule has 2 aromatic carbocycles. The predicted octanol–water partition coefficient (Wildman–Crippen LogP) is 4.15. The second kappa shape index (κ2) is 8.83. The minimum Gasteiger partial charge on any atom is -0.497 e. The summed E-state index contributed by atoms with van der Waals surface area (Å²) in [6.45, 7) is 5.29. The number of rotatable bonds is 5. The van der Waals surface area contributed by atoms with E-state index >= 15 is 0 Å². The molecule has 0 bridgehead atoms. The lowest BCUT2D eigenvalue weighted by atomic mass is 10.2. The van der Waals surface area contributed by atoms with E-state index in [1.165, 1.54) is 5.69 Å². The molecule has 1 atom stereocenters. The highest BCUT2D eigenvalue weighted by atomic mass is 35.5. The van der Waals surface area contributed by atoms with E-state index in [1.807, 2.05) is 19.1 Å². The van der Waals surface area contributed by atoms with E-state index in [2.05, 4.69) is 27.2 Å². The smallest absolute Gasteiger partial charge is 0.241 e. The Bertz CT molecular complexity index is 770. The molecule has 0 radical (unpaired) electrons. The van der Waals surface area contributed by atoms with Crippen molar-refractivity contribution < 1.29 is 9.53 Å². The van der Waals surface area contributed by atoms with Gasteiger partial charge in [-0.3, -0.25) is 9.69 Å². The molecule has 5 nitrogen and oxygen atoms in total. The Morgan fingerprint density at radius 2 is 1.63 bits per heavy atom. The van der Waals surface area contributed by atoms with Crippen LogP contribution in [0.5, 0.6) is 5.75 Å². The first-order chi connectivity index (χ1) is 13.0. The minimum atomic E-state index is -0.235. The van der Waals surface area contributed by atoms with Gasteiger partial charge in [-0.05, 0) is 49.4 Å². The fourth-order valence-electron chi connectivity index (χ4n) is 3.20. The van der Waals surface area contributed by atoms with Crippen molar-refractivity contribution in [1.82, 2.24) is 4.90 Å². The number of amides is 1. The van der Waals surface area contributed by atoms with Crippen LogP contribution in [-0.2, 0) is 4.79 Å². The first-order valence-corrected chi connectivity index (χ1v) is 9.62. The van der Waals surface area contributed by atoms with E-state index < -0.39 is 0 Å². The molecule has 3 rings (SSSR count). The molecule has 1 N–H and O–H groups in total. The molecule has 1 aliphatic heterocycles. The summed E-state index contributed by atoms with van der Waals surface area (Å²) in [6, 6.07) is 12.9. The topological polar surface area (TPSA) is 44.8 Å². The number of carbonyl (C=O) groups is 1. The second-order valence-corrected chi connectivity index (χ2v) is 7.42. The van der Waals surface area contributed by atoms with Gasteiger partial charge in [-0.25, -0.2) is 0 Å². The van der Waals surface area contributed by atoms with E-state index in [1.54, 1.807) is 25.3 Å². The van der Waals surface area contributed by atoms with E-state index in [0.717, 1.165) is 31.9 Å². The van der Waals surface area contributed by atoms with Gasteiger partial charge in [0.05, 0.1) is 13.2 Å². The first-order valence-electron chi connectivity index (χ1n) is 8.86. The summed E-state index contributed by atoms with van der Waals surface area (Å²) >= 11 is 12.0. The molecule has 7 heteroatoms. The number of nitrogens with zero attached hydrogens (tertiary/aromatic N) is 2. The summed E-state index contributed by atoms with van der Waals surface area (Å²) < 4.78 is 5.21. The zero-order valence-corrected chi connectivity index (χ0v) is 16.9. The fourth-order valence-corrected chi connectivity index (χ4v) is 3.73. The van der Waals surface area contributed by atoms with Crippen molar-refractivity contribution in [3.8, 4) is 5.75 Å². The van der Waals surface area contributed by atoms with Crippen LogP contribution >= 0.6 is 23.2 Å². The van der Waals surface area contributed by atoms with Gasteiger partial charge in [-0.1, -0.05) is 23.2 Å². The Morgan fingerprint density at radius 3 is 2.19 bits per heavy atom. The highest BCUT2D eigenvalue weighted by molar-refractivity contribution is 6.35. The molecular weight excluding hydrogens is 385 g/mol.